The highest BCUT2D eigenvalue weighted by Gasteiger charge is 2.29. The summed E-state index contributed by atoms with van der Waals surface area (Å²) in [6, 6.07) is 2.33. The number of aromatic nitrogens is 2. The van der Waals surface area contributed by atoms with Gasteiger partial charge in [0.25, 0.3) is 0 Å². The Morgan fingerprint density at radius 1 is 1.36 bits per heavy atom. The number of hydrogen-bond acceptors (Lipinski definition) is 4. The Balaban J connectivity index is 1.69. The molecule has 0 amide bonds. The van der Waals surface area contributed by atoms with E-state index in [1.807, 2.05) is 6.20 Å². The number of fused-ring (bicyclic) bond motifs is 1. The van der Waals surface area contributed by atoms with Crippen LogP contribution >= 0.6 is 0 Å². The summed E-state index contributed by atoms with van der Waals surface area (Å²) in [6.45, 7) is 4.99. The van der Waals surface area contributed by atoms with E-state index in [2.05, 4.69) is 25.5 Å². The highest BCUT2D eigenvalue weighted by molar-refractivity contribution is 7.89. The van der Waals surface area contributed by atoms with Gasteiger partial charge in [0.2, 0.25) is 10.0 Å². The van der Waals surface area contributed by atoms with Gasteiger partial charge in [0.15, 0.2) is 0 Å². The minimum atomic E-state index is -3.13. The average molecular weight is 326 g/mol. The van der Waals surface area contributed by atoms with E-state index in [9.17, 15) is 8.42 Å². The van der Waals surface area contributed by atoms with Crippen LogP contribution in [0.1, 0.15) is 38.3 Å². The van der Waals surface area contributed by atoms with Crippen LogP contribution in [-0.2, 0) is 23.1 Å². The average Bonchev–Trinajstić information content (AvgIpc) is 2.82. The van der Waals surface area contributed by atoms with Crippen LogP contribution in [0.4, 0.5) is 0 Å². The fourth-order valence-electron chi connectivity index (χ4n) is 3.26. The second-order valence-corrected chi connectivity index (χ2v) is 8.56. The largest absolute Gasteiger partial charge is 0.293 e. The molecule has 1 saturated carbocycles. The molecule has 0 bridgehead atoms. The van der Waals surface area contributed by atoms with Gasteiger partial charge in [-0.3, -0.25) is 9.58 Å². The van der Waals surface area contributed by atoms with Crippen LogP contribution in [0, 0.1) is 5.92 Å². The SMILES string of the molecule is CCS(=O)(=O)NCC1CCn2nccc2CN1CC1CCC1. The molecule has 1 atom stereocenters. The van der Waals surface area contributed by atoms with Gasteiger partial charge in [-0.2, -0.15) is 5.10 Å². The number of rotatable bonds is 6. The van der Waals surface area contributed by atoms with E-state index in [0.29, 0.717) is 6.54 Å². The Labute approximate surface area is 132 Å². The van der Waals surface area contributed by atoms with E-state index in [1.165, 1.54) is 25.0 Å². The molecule has 22 heavy (non-hydrogen) atoms. The predicted molar refractivity (Wildman–Crippen MR) is 85.8 cm³/mol. The monoisotopic (exact) mass is 326 g/mol. The van der Waals surface area contributed by atoms with E-state index in [4.69, 9.17) is 0 Å². The Bertz CT molecular complexity index is 594. The summed E-state index contributed by atoms with van der Waals surface area (Å²) >= 11 is 0. The molecule has 0 spiro atoms. The van der Waals surface area contributed by atoms with Gasteiger partial charge >= 0.3 is 0 Å². The molecule has 1 N–H and O–H groups in total. The van der Waals surface area contributed by atoms with Crippen molar-refractivity contribution >= 4 is 10.0 Å². The fourth-order valence-corrected chi connectivity index (χ4v) is 3.91. The molecule has 1 aromatic rings. The first-order valence-electron chi connectivity index (χ1n) is 8.29. The normalized spacial score (nSPS) is 23.8. The lowest BCUT2D eigenvalue weighted by Crippen LogP contribution is -2.46. The maximum atomic E-state index is 11.7. The summed E-state index contributed by atoms with van der Waals surface area (Å²) in [5.74, 6) is 0.920. The summed E-state index contributed by atoms with van der Waals surface area (Å²) in [7, 11) is -3.13. The van der Waals surface area contributed by atoms with Crippen LogP contribution in [0.2, 0.25) is 0 Å². The third-order valence-electron chi connectivity index (χ3n) is 5.00. The summed E-state index contributed by atoms with van der Waals surface area (Å²) < 4.78 is 28.3. The van der Waals surface area contributed by atoms with Crippen LogP contribution in [-0.4, -0.2) is 48.0 Å². The van der Waals surface area contributed by atoms with Gasteiger partial charge in [0.05, 0.1) is 11.4 Å². The van der Waals surface area contributed by atoms with Gasteiger partial charge in [-0.1, -0.05) is 6.42 Å². The number of aryl methyl sites for hydroxylation is 1. The van der Waals surface area contributed by atoms with E-state index < -0.39 is 10.0 Å². The lowest BCUT2D eigenvalue weighted by atomic mass is 9.84. The van der Waals surface area contributed by atoms with Crippen LogP contribution in [0.15, 0.2) is 12.3 Å². The van der Waals surface area contributed by atoms with Crippen molar-refractivity contribution in [2.45, 2.75) is 51.7 Å². The first kappa shape index (κ1) is 16.0. The molecule has 2 heterocycles. The maximum Gasteiger partial charge on any atom is 0.211 e. The molecular formula is C15H26N4O2S. The van der Waals surface area contributed by atoms with E-state index in [-0.39, 0.29) is 11.8 Å². The minimum absolute atomic E-state index is 0.143. The van der Waals surface area contributed by atoms with Crippen molar-refractivity contribution in [1.29, 1.82) is 0 Å². The Hall–Kier alpha value is -0.920. The van der Waals surface area contributed by atoms with Crippen molar-refractivity contribution < 1.29 is 8.42 Å². The van der Waals surface area contributed by atoms with Crippen LogP contribution in [0.25, 0.3) is 0 Å². The fraction of sp³-hybridized carbons (Fsp3) is 0.800. The van der Waals surface area contributed by atoms with E-state index in [0.717, 1.165) is 32.0 Å². The standard InChI is InChI=1S/C15H26N4O2S/c1-2-22(20,21)17-10-14-7-9-19-15(6-8-16-19)12-18(14)11-13-4-3-5-13/h6,8,13-14,17H,2-5,7,9-12H2,1H3. The molecule has 0 saturated heterocycles. The molecule has 124 valence electrons. The van der Waals surface area contributed by atoms with E-state index in [1.54, 1.807) is 6.92 Å². The van der Waals surface area contributed by atoms with Crippen molar-refractivity contribution in [3.63, 3.8) is 0 Å². The summed E-state index contributed by atoms with van der Waals surface area (Å²) in [5.41, 5.74) is 1.24. The van der Waals surface area contributed by atoms with Gasteiger partial charge in [0.1, 0.15) is 0 Å². The molecular weight excluding hydrogens is 300 g/mol. The number of hydrogen-bond donors (Lipinski definition) is 1. The Morgan fingerprint density at radius 2 is 2.18 bits per heavy atom. The van der Waals surface area contributed by atoms with Crippen molar-refractivity contribution in [2.75, 3.05) is 18.8 Å². The molecule has 2 aliphatic rings. The number of nitrogens with zero attached hydrogens (tertiary/aromatic N) is 3. The minimum Gasteiger partial charge on any atom is -0.293 e. The predicted octanol–water partition coefficient (Wildman–Crippen LogP) is 1.20. The summed E-state index contributed by atoms with van der Waals surface area (Å²) in [4.78, 5) is 2.46. The highest BCUT2D eigenvalue weighted by atomic mass is 32.2. The molecule has 0 radical (unpaired) electrons. The Morgan fingerprint density at radius 3 is 2.86 bits per heavy atom. The first-order chi connectivity index (χ1) is 10.6. The molecule has 1 unspecified atom stereocenters. The lowest BCUT2D eigenvalue weighted by molar-refractivity contribution is 0.124. The molecule has 1 aliphatic heterocycles. The smallest absolute Gasteiger partial charge is 0.211 e. The van der Waals surface area contributed by atoms with Gasteiger partial charge in [-0.15, -0.1) is 0 Å². The second kappa shape index (κ2) is 6.68. The Kier molecular flexibility index (Phi) is 4.84. The number of nitrogens with one attached hydrogen (secondary N) is 1. The highest BCUT2D eigenvalue weighted by Crippen LogP contribution is 2.29. The van der Waals surface area contributed by atoms with Crippen molar-refractivity contribution in [3.8, 4) is 0 Å². The first-order valence-corrected chi connectivity index (χ1v) is 9.94. The quantitative estimate of drug-likeness (QED) is 0.853. The van der Waals surface area contributed by atoms with Gasteiger partial charge in [0, 0.05) is 38.4 Å². The van der Waals surface area contributed by atoms with Gasteiger partial charge < -0.3 is 0 Å². The third kappa shape index (κ3) is 3.70. The van der Waals surface area contributed by atoms with Gasteiger partial charge in [-0.05, 0) is 38.2 Å². The molecule has 6 nitrogen and oxygen atoms in total. The van der Waals surface area contributed by atoms with Crippen molar-refractivity contribution in [2.24, 2.45) is 5.92 Å². The van der Waals surface area contributed by atoms with Crippen molar-refractivity contribution in [3.05, 3.63) is 18.0 Å². The molecule has 0 aromatic carbocycles. The lowest BCUT2D eigenvalue weighted by Gasteiger charge is -2.36. The molecule has 7 heteroatoms. The zero-order chi connectivity index (χ0) is 15.6. The van der Waals surface area contributed by atoms with Crippen molar-refractivity contribution in [1.82, 2.24) is 19.4 Å². The van der Waals surface area contributed by atoms with E-state index >= 15 is 0 Å². The molecule has 3 rings (SSSR count). The topological polar surface area (TPSA) is 67.2 Å². The number of sulfonamides is 1. The summed E-state index contributed by atoms with van der Waals surface area (Å²) in [5, 5.41) is 4.38. The molecule has 1 aromatic heterocycles. The summed E-state index contributed by atoms with van der Waals surface area (Å²) in [6.07, 6.45) is 6.75. The third-order valence-corrected chi connectivity index (χ3v) is 6.36. The molecule has 1 fully saturated rings. The van der Waals surface area contributed by atoms with Crippen LogP contribution in [0.5, 0.6) is 0 Å². The maximum absolute atomic E-state index is 11.7. The van der Waals surface area contributed by atoms with Gasteiger partial charge in [-0.25, -0.2) is 13.1 Å². The van der Waals surface area contributed by atoms with Crippen LogP contribution < -0.4 is 4.72 Å². The zero-order valence-corrected chi connectivity index (χ0v) is 14.1. The van der Waals surface area contributed by atoms with Crippen LogP contribution in [0.3, 0.4) is 0 Å². The second-order valence-electron chi connectivity index (χ2n) is 6.47. The zero-order valence-electron chi connectivity index (χ0n) is 13.2. The molecule has 1 aliphatic carbocycles.